The Morgan fingerprint density at radius 2 is 0.938 bits per heavy atom. The number of phenolic OH excluding ortho intramolecular Hbond substituents is 2. The number of benzene rings is 4. The first-order chi connectivity index (χ1) is 15.5. The third kappa shape index (κ3) is 8.20. The molecule has 4 aromatic carbocycles. The van der Waals surface area contributed by atoms with Crippen molar-refractivity contribution in [3.05, 3.63) is 133 Å². The van der Waals surface area contributed by atoms with Crippen LogP contribution < -0.4 is 0 Å². The van der Waals surface area contributed by atoms with Gasteiger partial charge in [-0.3, -0.25) is 0 Å². The lowest BCUT2D eigenvalue weighted by Crippen LogP contribution is -1.82. The third-order valence-electron chi connectivity index (χ3n) is 4.39. The normalized spacial score (nSPS) is 9.75. The molecule has 162 valence electrons. The Labute approximate surface area is 188 Å². The van der Waals surface area contributed by atoms with E-state index in [-0.39, 0.29) is 0 Å². The van der Waals surface area contributed by atoms with E-state index in [2.05, 4.69) is 55.1 Å². The summed E-state index contributed by atoms with van der Waals surface area (Å²) in [6.45, 7) is 2.96. The topological polar surface area (TPSA) is 77.8 Å². The molecule has 3 N–H and O–H groups in total. The van der Waals surface area contributed by atoms with Gasteiger partial charge in [0.1, 0.15) is 11.5 Å². The Balaban J connectivity index is 0.000000165. The van der Waals surface area contributed by atoms with E-state index in [0.29, 0.717) is 11.5 Å². The highest BCUT2D eigenvalue weighted by Crippen LogP contribution is 2.35. The Bertz CT molecular complexity index is 1030. The second-order valence-corrected chi connectivity index (χ2v) is 6.70. The van der Waals surface area contributed by atoms with Gasteiger partial charge in [0.2, 0.25) is 0 Å². The van der Waals surface area contributed by atoms with E-state index in [9.17, 15) is 4.79 Å². The van der Waals surface area contributed by atoms with Gasteiger partial charge >= 0.3 is 5.97 Å². The number of rotatable bonds is 1. The van der Waals surface area contributed by atoms with Gasteiger partial charge < -0.3 is 15.3 Å². The number of hydrogen-bond donors (Lipinski definition) is 3. The smallest absolute Gasteiger partial charge is 0.327 e. The van der Waals surface area contributed by atoms with Gasteiger partial charge in [-0.2, -0.15) is 0 Å². The van der Waals surface area contributed by atoms with Crippen molar-refractivity contribution in [1.29, 1.82) is 0 Å². The molecule has 0 aromatic heterocycles. The van der Waals surface area contributed by atoms with Crippen LogP contribution in [0.1, 0.15) is 11.1 Å². The Kier molecular flexibility index (Phi) is 9.80. The van der Waals surface area contributed by atoms with Gasteiger partial charge in [0, 0.05) is 6.08 Å². The van der Waals surface area contributed by atoms with Crippen molar-refractivity contribution >= 4 is 5.97 Å². The van der Waals surface area contributed by atoms with Crippen LogP contribution in [0.2, 0.25) is 0 Å². The van der Waals surface area contributed by atoms with Crippen LogP contribution >= 0.6 is 0 Å². The fraction of sp³-hybridized carbons (Fsp3) is 0.0357. The summed E-state index contributed by atoms with van der Waals surface area (Å²) < 4.78 is 0. The Hall–Kier alpha value is -4.31. The summed E-state index contributed by atoms with van der Waals surface area (Å²) in [6, 6.07) is 34.7. The second kappa shape index (κ2) is 13.1. The van der Waals surface area contributed by atoms with Crippen molar-refractivity contribution < 1.29 is 20.1 Å². The number of para-hydroxylation sites is 2. The molecule has 4 nitrogen and oxygen atoms in total. The van der Waals surface area contributed by atoms with Gasteiger partial charge in [0.25, 0.3) is 0 Å². The molecule has 0 spiro atoms. The number of carboxylic acid groups (broad SMARTS) is 1. The molecule has 1 aliphatic rings. The molecule has 0 fully saturated rings. The van der Waals surface area contributed by atoms with Gasteiger partial charge in [-0.15, -0.1) is 0 Å². The first-order valence-corrected chi connectivity index (χ1v) is 10.0. The molecule has 4 aromatic rings. The Morgan fingerprint density at radius 1 is 0.625 bits per heavy atom. The zero-order chi connectivity index (χ0) is 23.2. The van der Waals surface area contributed by atoms with Gasteiger partial charge in [0.15, 0.2) is 0 Å². The van der Waals surface area contributed by atoms with E-state index in [1.165, 1.54) is 22.3 Å². The van der Waals surface area contributed by atoms with Crippen molar-refractivity contribution in [2.45, 2.75) is 6.42 Å². The van der Waals surface area contributed by atoms with Crippen LogP contribution in [-0.2, 0) is 11.2 Å². The predicted molar refractivity (Wildman–Crippen MR) is 129 cm³/mol. The predicted octanol–water partition coefficient (Wildman–Crippen LogP) is 6.30. The fourth-order valence-corrected chi connectivity index (χ4v) is 2.94. The largest absolute Gasteiger partial charge is 0.508 e. The zero-order valence-electron chi connectivity index (χ0n) is 17.6. The first-order valence-electron chi connectivity index (χ1n) is 10.0. The highest BCUT2D eigenvalue weighted by Gasteiger charge is 2.15. The number of aromatic hydroxyl groups is 2. The summed E-state index contributed by atoms with van der Waals surface area (Å²) in [7, 11) is 0. The van der Waals surface area contributed by atoms with Crippen molar-refractivity contribution in [3.8, 4) is 22.6 Å². The van der Waals surface area contributed by atoms with E-state index in [4.69, 9.17) is 15.3 Å². The number of aliphatic carboxylic acids is 1. The van der Waals surface area contributed by atoms with E-state index < -0.39 is 5.97 Å². The molecular weight excluding hydrogens is 400 g/mol. The minimum atomic E-state index is -0.981. The number of phenols is 2. The lowest BCUT2D eigenvalue weighted by Gasteiger charge is -1.98. The lowest BCUT2D eigenvalue weighted by atomic mass is 10.1. The number of carbonyl (C=O) groups is 1. The van der Waals surface area contributed by atoms with Crippen molar-refractivity contribution in [2.24, 2.45) is 0 Å². The Morgan fingerprint density at radius 3 is 1.22 bits per heavy atom. The van der Waals surface area contributed by atoms with E-state index >= 15 is 0 Å². The molecule has 0 radical (unpaired) electrons. The summed E-state index contributed by atoms with van der Waals surface area (Å²) in [4.78, 5) is 9.25. The zero-order valence-corrected chi connectivity index (χ0v) is 17.6. The second-order valence-electron chi connectivity index (χ2n) is 6.70. The molecule has 5 rings (SSSR count). The van der Waals surface area contributed by atoms with Crippen LogP contribution in [0.5, 0.6) is 11.5 Å². The van der Waals surface area contributed by atoms with E-state index in [1.807, 2.05) is 12.1 Å². The molecule has 0 saturated carbocycles. The molecule has 0 saturated heterocycles. The standard InChI is InChI=1S/C13H10.2C6H6O.C3H4O2/c1-3-7-12-10(5-1)9-11-6-2-4-8-13(11)12;2*7-6-4-2-1-3-5-6;1-2-3(4)5/h1-8H,9H2;2*1-5,7H;2H,1H2,(H,4,5). The fourth-order valence-electron chi connectivity index (χ4n) is 2.94. The summed E-state index contributed by atoms with van der Waals surface area (Å²) in [6.07, 6.45) is 1.94. The van der Waals surface area contributed by atoms with Crippen LogP contribution in [-0.4, -0.2) is 21.3 Å². The van der Waals surface area contributed by atoms with Crippen molar-refractivity contribution in [2.75, 3.05) is 0 Å². The van der Waals surface area contributed by atoms with Crippen molar-refractivity contribution in [1.82, 2.24) is 0 Å². The van der Waals surface area contributed by atoms with Gasteiger partial charge in [-0.25, -0.2) is 4.79 Å². The maximum absolute atomic E-state index is 9.25. The molecule has 1 aliphatic carbocycles. The van der Waals surface area contributed by atoms with Gasteiger partial charge in [0.05, 0.1) is 0 Å². The van der Waals surface area contributed by atoms with Crippen LogP contribution in [0, 0.1) is 0 Å². The molecular formula is C28H26O4. The molecule has 0 atom stereocenters. The molecule has 0 bridgehead atoms. The van der Waals surface area contributed by atoms with E-state index in [1.54, 1.807) is 48.5 Å². The van der Waals surface area contributed by atoms with Crippen LogP contribution in [0.3, 0.4) is 0 Å². The van der Waals surface area contributed by atoms with Crippen LogP contribution in [0.25, 0.3) is 11.1 Å². The molecule has 0 unspecified atom stereocenters. The quantitative estimate of drug-likeness (QED) is 0.275. The summed E-state index contributed by atoms with van der Waals surface area (Å²) >= 11 is 0. The van der Waals surface area contributed by atoms with Gasteiger partial charge in [-0.05, 0) is 52.9 Å². The maximum atomic E-state index is 9.25. The molecule has 0 heterocycles. The lowest BCUT2D eigenvalue weighted by molar-refractivity contribution is -0.131. The average molecular weight is 427 g/mol. The molecule has 4 heteroatoms. The van der Waals surface area contributed by atoms with Crippen LogP contribution in [0.4, 0.5) is 0 Å². The molecule has 0 amide bonds. The summed E-state index contributed by atoms with van der Waals surface area (Å²) in [5.74, 6) is -0.338. The van der Waals surface area contributed by atoms with Crippen LogP contribution in [0.15, 0.2) is 122 Å². The SMILES string of the molecule is C=CC(=O)O.Oc1ccccc1.Oc1ccccc1.c1ccc2c(c1)Cc1ccccc1-2. The maximum Gasteiger partial charge on any atom is 0.327 e. The first kappa shape index (κ1) is 24.0. The monoisotopic (exact) mass is 426 g/mol. The minimum absolute atomic E-state index is 0.322. The number of carboxylic acids is 1. The molecule has 32 heavy (non-hydrogen) atoms. The average Bonchev–Trinajstić information content (AvgIpc) is 3.20. The number of fused-ring (bicyclic) bond motifs is 3. The van der Waals surface area contributed by atoms with Gasteiger partial charge in [-0.1, -0.05) is 91.5 Å². The molecule has 0 aliphatic heterocycles. The number of hydrogen-bond acceptors (Lipinski definition) is 3. The van der Waals surface area contributed by atoms with Crippen molar-refractivity contribution in [3.63, 3.8) is 0 Å². The summed E-state index contributed by atoms with van der Waals surface area (Å²) in [5.41, 5.74) is 5.75. The highest BCUT2D eigenvalue weighted by atomic mass is 16.4. The highest BCUT2D eigenvalue weighted by molar-refractivity contribution is 5.78. The van der Waals surface area contributed by atoms with E-state index in [0.717, 1.165) is 12.5 Å². The minimum Gasteiger partial charge on any atom is -0.508 e. The third-order valence-corrected chi connectivity index (χ3v) is 4.39. The summed E-state index contributed by atoms with van der Waals surface area (Å²) in [5, 5.41) is 24.9.